The highest BCUT2D eigenvalue weighted by Crippen LogP contribution is 2.18. The van der Waals surface area contributed by atoms with Crippen molar-refractivity contribution in [1.82, 2.24) is 16.0 Å². The van der Waals surface area contributed by atoms with Gasteiger partial charge in [-0.1, -0.05) is 18.2 Å². The van der Waals surface area contributed by atoms with Crippen LogP contribution in [0.2, 0.25) is 0 Å². The van der Waals surface area contributed by atoms with E-state index in [1.807, 2.05) is 31.2 Å². The Balaban J connectivity index is 1.67. The second kappa shape index (κ2) is 9.80. The molecule has 24 heavy (non-hydrogen) atoms. The Morgan fingerprint density at radius 2 is 2.08 bits per heavy atom. The van der Waals surface area contributed by atoms with Crippen molar-refractivity contribution >= 4 is 11.9 Å². The first-order valence-corrected chi connectivity index (χ1v) is 8.67. The molecular formula is C18H28N4O2. The Morgan fingerprint density at radius 3 is 2.79 bits per heavy atom. The fourth-order valence-corrected chi connectivity index (χ4v) is 2.33. The Labute approximate surface area is 144 Å². The van der Waals surface area contributed by atoms with Crippen molar-refractivity contribution in [3.8, 4) is 5.75 Å². The van der Waals surface area contributed by atoms with Crippen LogP contribution in [0.4, 0.5) is 0 Å². The molecule has 0 spiro atoms. The van der Waals surface area contributed by atoms with E-state index in [9.17, 15) is 4.79 Å². The van der Waals surface area contributed by atoms with Gasteiger partial charge in [-0.3, -0.25) is 9.79 Å². The fourth-order valence-electron chi connectivity index (χ4n) is 2.33. The molecule has 1 aromatic rings. The summed E-state index contributed by atoms with van der Waals surface area (Å²) >= 11 is 0. The maximum atomic E-state index is 11.6. The lowest BCUT2D eigenvalue weighted by atomic mass is 10.2. The number of carbonyl (C=O) groups excluding carboxylic acids is 1. The van der Waals surface area contributed by atoms with Gasteiger partial charge in [-0.25, -0.2) is 0 Å². The molecular weight excluding hydrogens is 304 g/mol. The molecule has 1 amide bonds. The molecule has 6 nitrogen and oxygen atoms in total. The highest BCUT2D eigenvalue weighted by molar-refractivity contribution is 5.80. The third-order valence-electron chi connectivity index (χ3n) is 3.76. The molecule has 0 unspecified atom stereocenters. The van der Waals surface area contributed by atoms with Gasteiger partial charge >= 0.3 is 0 Å². The lowest BCUT2D eigenvalue weighted by Crippen LogP contribution is -2.37. The molecule has 0 radical (unpaired) electrons. The van der Waals surface area contributed by atoms with Gasteiger partial charge in [0.05, 0.1) is 6.61 Å². The molecule has 6 heteroatoms. The second-order valence-corrected chi connectivity index (χ2v) is 5.84. The van der Waals surface area contributed by atoms with Crippen LogP contribution in [0.3, 0.4) is 0 Å². The monoisotopic (exact) mass is 332 g/mol. The minimum atomic E-state index is 0.146. The highest BCUT2D eigenvalue weighted by atomic mass is 16.5. The first kappa shape index (κ1) is 18.1. The van der Waals surface area contributed by atoms with Crippen LogP contribution in [0.25, 0.3) is 0 Å². The third kappa shape index (κ3) is 6.48. The lowest BCUT2D eigenvalue weighted by Gasteiger charge is -2.14. The summed E-state index contributed by atoms with van der Waals surface area (Å²) in [6.07, 6.45) is 3.59. The number of para-hydroxylation sites is 1. The number of nitrogens with one attached hydrogen (secondary N) is 3. The van der Waals surface area contributed by atoms with E-state index in [0.29, 0.717) is 32.2 Å². The van der Waals surface area contributed by atoms with E-state index in [2.05, 4.69) is 20.9 Å². The Kier molecular flexibility index (Phi) is 7.39. The van der Waals surface area contributed by atoms with E-state index >= 15 is 0 Å². The smallest absolute Gasteiger partial charge is 0.220 e. The van der Waals surface area contributed by atoms with Gasteiger partial charge < -0.3 is 20.7 Å². The average molecular weight is 332 g/mol. The molecule has 0 saturated heterocycles. The Bertz CT molecular complexity index is 556. The first-order chi connectivity index (χ1) is 11.7. The van der Waals surface area contributed by atoms with Gasteiger partial charge in [0.15, 0.2) is 5.96 Å². The predicted molar refractivity (Wildman–Crippen MR) is 96.2 cm³/mol. The summed E-state index contributed by atoms with van der Waals surface area (Å²) in [5, 5.41) is 9.50. The zero-order chi connectivity index (χ0) is 17.2. The van der Waals surface area contributed by atoms with E-state index in [-0.39, 0.29) is 5.91 Å². The molecule has 1 aliphatic carbocycles. The van der Waals surface area contributed by atoms with Gasteiger partial charge in [0, 0.05) is 38.2 Å². The molecule has 2 rings (SSSR count). The zero-order valence-corrected chi connectivity index (χ0v) is 14.6. The molecule has 1 aliphatic rings. The predicted octanol–water partition coefficient (Wildman–Crippen LogP) is 1.81. The minimum Gasteiger partial charge on any atom is -0.494 e. The van der Waals surface area contributed by atoms with Crippen molar-refractivity contribution in [1.29, 1.82) is 0 Å². The number of amides is 1. The van der Waals surface area contributed by atoms with Gasteiger partial charge in [0.1, 0.15) is 5.75 Å². The molecule has 0 aromatic heterocycles. The maximum Gasteiger partial charge on any atom is 0.220 e. The quantitative estimate of drug-likeness (QED) is 0.366. The average Bonchev–Trinajstić information content (AvgIpc) is 3.39. The van der Waals surface area contributed by atoms with Gasteiger partial charge in [-0.2, -0.15) is 0 Å². The number of ether oxygens (including phenoxy) is 1. The number of rotatable bonds is 9. The minimum absolute atomic E-state index is 0.146. The molecule has 1 saturated carbocycles. The Morgan fingerprint density at radius 1 is 1.29 bits per heavy atom. The number of nitrogens with zero attached hydrogens (tertiary/aromatic N) is 1. The molecule has 1 aromatic carbocycles. The van der Waals surface area contributed by atoms with Gasteiger partial charge in [0.2, 0.25) is 5.91 Å². The summed E-state index contributed by atoms with van der Waals surface area (Å²) in [5.41, 5.74) is 1.09. The molecule has 3 N–H and O–H groups in total. The van der Waals surface area contributed by atoms with Crippen LogP contribution < -0.4 is 20.7 Å². The number of benzene rings is 1. The van der Waals surface area contributed by atoms with Crippen molar-refractivity contribution in [2.24, 2.45) is 4.99 Å². The number of guanidine groups is 1. The molecule has 1 fully saturated rings. The van der Waals surface area contributed by atoms with E-state index in [1.165, 1.54) is 0 Å². The van der Waals surface area contributed by atoms with E-state index < -0.39 is 0 Å². The SMILES string of the molecule is CCOc1ccccc1CNC(=NC)NCCCC(=O)NC1CC1. The number of hydrogen-bond donors (Lipinski definition) is 3. The first-order valence-electron chi connectivity index (χ1n) is 8.67. The number of carbonyl (C=O) groups is 1. The van der Waals surface area contributed by atoms with Crippen molar-refractivity contribution in [3.05, 3.63) is 29.8 Å². The summed E-state index contributed by atoms with van der Waals surface area (Å²) in [6.45, 7) is 3.97. The maximum absolute atomic E-state index is 11.6. The zero-order valence-electron chi connectivity index (χ0n) is 14.6. The van der Waals surface area contributed by atoms with Gasteiger partial charge in [-0.15, -0.1) is 0 Å². The van der Waals surface area contributed by atoms with Crippen LogP contribution in [0, 0.1) is 0 Å². The summed E-state index contributed by atoms with van der Waals surface area (Å²) in [6, 6.07) is 8.40. The van der Waals surface area contributed by atoms with Crippen LogP contribution in [-0.4, -0.2) is 38.1 Å². The molecule has 0 bridgehead atoms. The summed E-state index contributed by atoms with van der Waals surface area (Å²) in [5.74, 6) is 1.76. The van der Waals surface area contributed by atoms with Gasteiger partial charge in [-0.05, 0) is 32.3 Å². The fraction of sp³-hybridized carbons (Fsp3) is 0.556. The lowest BCUT2D eigenvalue weighted by molar-refractivity contribution is -0.121. The molecule has 0 aliphatic heterocycles. The number of hydrogen-bond acceptors (Lipinski definition) is 3. The molecule has 132 valence electrons. The van der Waals surface area contributed by atoms with E-state index in [0.717, 1.165) is 36.5 Å². The highest BCUT2D eigenvalue weighted by Gasteiger charge is 2.22. The topological polar surface area (TPSA) is 74.8 Å². The van der Waals surface area contributed by atoms with Gasteiger partial charge in [0.25, 0.3) is 0 Å². The molecule has 0 atom stereocenters. The summed E-state index contributed by atoms with van der Waals surface area (Å²) in [4.78, 5) is 15.8. The van der Waals surface area contributed by atoms with Crippen LogP contribution in [0.1, 0.15) is 38.2 Å². The van der Waals surface area contributed by atoms with E-state index in [4.69, 9.17) is 4.74 Å². The van der Waals surface area contributed by atoms with Crippen molar-refractivity contribution in [2.75, 3.05) is 20.2 Å². The normalized spacial score (nSPS) is 14.2. The number of aliphatic imine (C=N–C) groups is 1. The summed E-state index contributed by atoms with van der Waals surface area (Å²) in [7, 11) is 1.74. The largest absolute Gasteiger partial charge is 0.494 e. The standard InChI is InChI=1S/C18H28N4O2/c1-3-24-16-8-5-4-7-14(16)13-21-18(19-2)20-12-6-9-17(23)22-15-10-11-15/h4-5,7-8,15H,3,6,9-13H2,1-2H3,(H,22,23)(H2,19,20,21). The van der Waals surface area contributed by atoms with Crippen molar-refractivity contribution in [3.63, 3.8) is 0 Å². The van der Waals surface area contributed by atoms with E-state index in [1.54, 1.807) is 7.05 Å². The molecule has 0 heterocycles. The second-order valence-electron chi connectivity index (χ2n) is 5.84. The summed E-state index contributed by atoms with van der Waals surface area (Å²) < 4.78 is 5.62. The van der Waals surface area contributed by atoms with Crippen LogP contribution in [-0.2, 0) is 11.3 Å². The Hall–Kier alpha value is -2.24. The van der Waals surface area contributed by atoms with Crippen molar-refractivity contribution in [2.45, 2.75) is 45.2 Å². The third-order valence-corrected chi connectivity index (χ3v) is 3.76. The van der Waals surface area contributed by atoms with Crippen LogP contribution >= 0.6 is 0 Å². The van der Waals surface area contributed by atoms with Crippen LogP contribution in [0.5, 0.6) is 5.75 Å². The van der Waals surface area contributed by atoms with Crippen LogP contribution in [0.15, 0.2) is 29.3 Å². The van der Waals surface area contributed by atoms with Crippen molar-refractivity contribution < 1.29 is 9.53 Å².